The lowest BCUT2D eigenvalue weighted by molar-refractivity contribution is 0.587. The Labute approximate surface area is 142 Å². The molecule has 5 nitrogen and oxygen atoms in total. The number of nitrogens with zero attached hydrogens (tertiary/aromatic N) is 3. The molecule has 0 fully saturated rings. The number of halogens is 2. The van der Waals surface area contributed by atoms with Crippen molar-refractivity contribution >= 4 is 9.84 Å². The average Bonchev–Trinajstić information content (AvgIpc) is 3.00. The van der Waals surface area contributed by atoms with Gasteiger partial charge in [0.15, 0.2) is 15.5 Å². The van der Waals surface area contributed by atoms with Crippen LogP contribution in [0.3, 0.4) is 0 Å². The lowest BCUT2D eigenvalue weighted by Crippen LogP contribution is -2.03. The van der Waals surface area contributed by atoms with Crippen molar-refractivity contribution in [1.82, 2.24) is 9.78 Å². The minimum atomic E-state index is -3.36. The van der Waals surface area contributed by atoms with Crippen LogP contribution >= 0.6 is 0 Å². The second-order valence-electron chi connectivity index (χ2n) is 5.33. The molecule has 0 aliphatic carbocycles. The Bertz CT molecular complexity index is 1100. The van der Waals surface area contributed by atoms with Gasteiger partial charge in [-0.2, -0.15) is 10.4 Å². The molecule has 3 rings (SSSR count). The van der Waals surface area contributed by atoms with Crippen molar-refractivity contribution in [3.63, 3.8) is 0 Å². The van der Waals surface area contributed by atoms with Gasteiger partial charge < -0.3 is 0 Å². The Hall–Kier alpha value is -3.05. The van der Waals surface area contributed by atoms with Gasteiger partial charge in [0.2, 0.25) is 0 Å². The Morgan fingerprint density at radius 2 is 1.76 bits per heavy atom. The lowest BCUT2D eigenvalue weighted by Gasteiger charge is -2.09. The summed E-state index contributed by atoms with van der Waals surface area (Å²) in [6.45, 7) is 0. The zero-order valence-corrected chi connectivity index (χ0v) is 13.8. The molecule has 8 heteroatoms. The van der Waals surface area contributed by atoms with Crippen LogP contribution in [0.25, 0.3) is 16.9 Å². The first-order valence-corrected chi connectivity index (χ1v) is 8.95. The fourth-order valence-corrected chi connectivity index (χ4v) is 2.98. The van der Waals surface area contributed by atoms with Crippen molar-refractivity contribution in [2.24, 2.45) is 0 Å². The van der Waals surface area contributed by atoms with Crippen molar-refractivity contribution < 1.29 is 17.2 Å². The molecule has 3 aromatic rings. The largest absolute Gasteiger partial charge is 0.229 e. The molecule has 0 aliphatic rings. The Morgan fingerprint density at radius 3 is 2.36 bits per heavy atom. The van der Waals surface area contributed by atoms with E-state index in [2.05, 4.69) is 5.10 Å². The summed E-state index contributed by atoms with van der Waals surface area (Å²) >= 11 is 0. The Balaban J connectivity index is 2.19. The zero-order valence-electron chi connectivity index (χ0n) is 12.9. The molecule has 0 N–H and O–H groups in total. The van der Waals surface area contributed by atoms with E-state index < -0.39 is 21.5 Å². The molecular weight excluding hydrogens is 348 g/mol. The topological polar surface area (TPSA) is 75.8 Å². The van der Waals surface area contributed by atoms with Gasteiger partial charge >= 0.3 is 0 Å². The quantitative estimate of drug-likeness (QED) is 0.720. The number of nitriles is 1. The van der Waals surface area contributed by atoms with E-state index in [1.807, 2.05) is 6.07 Å². The first-order chi connectivity index (χ1) is 11.8. The van der Waals surface area contributed by atoms with Gasteiger partial charge in [0.1, 0.15) is 23.4 Å². The van der Waals surface area contributed by atoms with Gasteiger partial charge in [0.25, 0.3) is 0 Å². The van der Waals surface area contributed by atoms with Crippen molar-refractivity contribution in [3.8, 4) is 23.0 Å². The first kappa shape index (κ1) is 16.8. The van der Waals surface area contributed by atoms with E-state index in [1.54, 1.807) is 0 Å². The number of hydrogen-bond acceptors (Lipinski definition) is 4. The van der Waals surface area contributed by atoms with E-state index in [0.717, 1.165) is 29.1 Å². The third-order valence-electron chi connectivity index (χ3n) is 3.54. The molecule has 0 aliphatic heterocycles. The second-order valence-corrected chi connectivity index (χ2v) is 7.35. The van der Waals surface area contributed by atoms with Crippen molar-refractivity contribution in [3.05, 3.63) is 65.9 Å². The molecule has 25 heavy (non-hydrogen) atoms. The summed E-state index contributed by atoms with van der Waals surface area (Å²) in [6, 6.07) is 12.0. The molecule has 0 atom stereocenters. The molecule has 1 heterocycles. The lowest BCUT2D eigenvalue weighted by atomic mass is 10.1. The highest BCUT2D eigenvalue weighted by atomic mass is 32.2. The van der Waals surface area contributed by atoms with Gasteiger partial charge in [0.05, 0.1) is 10.6 Å². The molecule has 0 bridgehead atoms. The first-order valence-electron chi connectivity index (χ1n) is 7.05. The molecule has 0 amide bonds. The highest BCUT2D eigenvalue weighted by Crippen LogP contribution is 2.26. The monoisotopic (exact) mass is 359 g/mol. The number of hydrogen-bond donors (Lipinski definition) is 0. The minimum Gasteiger partial charge on any atom is -0.229 e. The van der Waals surface area contributed by atoms with Crippen LogP contribution in [-0.4, -0.2) is 24.5 Å². The summed E-state index contributed by atoms with van der Waals surface area (Å²) in [4.78, 5) is 0.125. The molecule has 0 radical (unpaired) electrons. The summed E-state index contributed by atoms with van der Waals surface area (Å²) < 4.78 is 51.8. The average molecular weight is 359 g/mol. The highest BCUT2D eigenvalue weighted by Gasteiger charge is 2.16. The molecule has 0 saturated carbocycles. The van der Waals surface area contributed by atoms with Gasteiger partial charge in [-0.3, -0.25) is 0 Å². The van der Waals surface area contributed by atoms with Crippen molar-refractivity contribution in [2.75, 3.05) is 6.26 Å². The fourth-order valence-electron chi connectivity index (χ4n) is 2.35. The van der Waals surface area contributed by atoms with Crippen LogP contribution in [0.2, 0.25) is 0 Å². The molecule has 1 aromatic heterocycles. The molecule has 2 aromatic carbocycles. The maximum Gasteiger partial charge on any atom is 0.175 e. The summed E-state index contributed by atoms with van der Waals surface area (Å²) in [7, 11) is -3.36. The molecule has 0 saturated heterocycles. The normalized spacial score (nSPS) is 11.3. The van der Waals surface area contributed by atoms with Crippen LogP contribution in [0, 0.1) is 23.0 Å². The minimum absolute atomic E-state index is 0.0193. The van der Waals surface area contributed by atoms with Gasteiger partial charge in [-0.05, 0) is 24.3 Å². The van der Waals surface area contributed by atoms with E-state index in [4.69, 9.17) is 5.26 Å². The number of benzene rings is 2. The van der Waals surface area contributed by atoms with Crippen LogP contribution in [0.5, 0.6) is 0 Å². The van der Waals surface area contributed by atoms with Gasteiger partial charge in [-0.25, -0.2) is 21.9 Å². The van der Waals surface area contributed by atoms with Gasteiger partial charge in [-0.1, -0.05) is 12.1 Å². The van der Waals surface area contributed by atoms with Crippen LogP contribution < -0.4 is 0 Å². The third kappa shape index (κ3) is 3.27. The maximum absolute atomic E-state index is 14.1. The standard InChI is InChI=1S/C17H11F2N3O2S/c1-25(23,24)14-5-2-11(3-6-14)16-9-13(10-20)21-22(16)17-8-12(18)4-7-15(17)19/h2-9H,1H3. The van der Waals surface area contributed by atoms with Crippen LogP contribution in [0.1, 0.15) is 5.69 Å². The SMILES string of the molecule is CS(=O)(=O)c1ccc(-c2cc(C#N)nn2-c2cc(F)ccc2F)cc1. The smallest absolute Gasteiger partial charge is 0.175 e. The molecule has 126 valence electrons. The summed E-state index contributed by atoms with van der Waals surface area (Å²) in [5.74, 6) is -1.35. The van der Waals surface area contributed by atoms with E-state index in [1.165, 1.54) is 30.3 Å². The van der Waals surface area contributed by atoms with Crippen molar-refractivity contribution in [2.45, 2.75) is 4.90 Å². The number of sulfone groups is 1. The Kier molecular flexibility index (Phi) is 4.10. The van der Waals surface area contributed by atoms with Crippen LogP contribution in [0.4, 0.5) is 8.78 Å². The van der Waals surface area contributed by atoms with E-state index in [9.17, 15) is 17.2 Å². The maximum atomic E-state index is 14.1. The van der Waals surface area contributed by atoms with E-state index in [0.29, 0.717) is 11.3 Å². The summed E-state index contributed by atoms with van der Waals surface area (Å²) in [5, 5.41) is 13.0. The highest BCUT2D eigenvalue weighted by molar-refractivity contribution is 7.90. The van der Waals surface area contributed by atoms with Gasteiger partial charge in [-0.15, -0.1) is 0 Å². The van der Waals surface area contributed by atoms with Crippen LogP contribution in [-0.2, 0) is 9.84 Å². The number of aromatic nitrogens is 2. The second kappa shape index (κ2) is 6.11. The zero-order chi connectivity index (χ0) is 18.2. The molecule has 0 spiro atoms. The molecular formula is C17H11F2N3O2S. The fraction of sp³-hybridized carbons (Fsp3) is 0.0588. The number of rotatable bonds is 3. The van der Waals surface area contributed by atoms with E-state index in [-0.39, 0.29) is 16.3 Å². The van der Waals surface area contributed by atoms with Crippen molar-refractivity contribution in [1.29, 1.82) is 5.26 Å². The predicted molar refractivity (Wildman–Crippen MR) is 86.7 cm³/mol. The molecule has 0 unspecified atom stereocenters. The predicted octanol–water partition coefficient (Wildman–Crippen LogP) is 3.09. The third-order valence-corrected chi connectivity index (χ3v) is 4.67. The summed E-state index contributed by atoms with van der Waals surface area (Å²) in [6.07, 6.45) is 1.09. The Morgan fingerprint density at radius 1 is 1.08 bits per heavy atom. The van der Waals surface area contributed by atoms with Gasteiger partial charge in [0, 0.05) is 24.0 Å². The summed E-state index contributed by atoms with van der Waals surface area (Å²) in [5.41, 5.74) is 0.709. The van der Waals surface area contributed by atoms with E-state index >= 15 is 0 Å². The van der Waals surface area contributed by atoms with Crippen LogP contribution in [0.15, 0.2) is 53.4 Å².